The molecule has 0 saturated carbocycles. The molecule has 0 radical (unpaired) electrons. The van der Waals surface area contributed by atoms with Gasteiger partial charge in [0.15, 0.2) is 6.23 Å². The number of hydrogen-bond donors (Lipinski definition) is 6. The van der Waals surface area contributed by atoms with Gasteiger partial charge in [0.2, 0.25) is 0 Å². The zero-order valence-electron chi connectivity index (χ0n) is 14.2. The molecule has 1 unspecified atom stereocenters. The van der Waals surface area contributed by atoms with E-state index in [1.165, 1.54) is 6.07 Å². The number of aliphatic hydroxyl groups excluding tert-OH is 2. The summed E-state index contributed by atoms with van der Waals surface area (Å²) in [4.78, 5) is 41.3. The number of nitrogens with two attached hydrogens (primary N) is 1. The fourth-order valence-corrected chi connectivity index (χ4v) is 3.64. The van der Waals surface area contributed by atoms with E-state index in [-0.39, 0.29) is 64.9 Å². The molecule has 14 nitrogen and oxygen atoms in total. The minimum absolute atomic E-state index is 0. The van der Waals surface area contributed by atoms with Crippen LogP contribution in [-0.2, 0) is 22.7 Å². The van der Waals surface area contributed by atoms with E-state index < -0.39 is 52.5 Å². The molecule has 2 rings (SSSR count). The van der Waals surface area contributed by atoms with Crippen LogP contribution in [0.25, 0.3) is 0 Å². The van der Waals surface area contributed by atoms with Crippen molar-refractivity contribution < 1.29 is 107 Å². The maximum Gasteiger partial charge on any atom is 1.00 e. The van der Waals surface area contributed by atoms with Crippen molar-refractivity contribution >= 4 is 21.5 Å². The summed E-state index contributed by atoms with van der Waals surface area (Å²) in [6.07, 6.45) is -4.93. The van der Waals surface area contributed by atoms with Crippen molar-refractivity contribution in [1.82, 2.24) is 9.55 Å². The van der Waals surface area contributed by atoms with Gasteiger partial charge in [-0.3, -0.25) is 9.09 Å². The molecular weight excluding hydrogens is 434 g/mol. The number of nitrogens with zero attached hydrogens (tertiary/aromatic N) is 2. The molecule has 1 aliphatic heterocycles. The van der Waals surface area contributed by atoms with Crippen molar-refractivity contribution in [3.05, 3.63) is 22.7 Å². The summed E-state index contributed by atoms with van der Waals surface area (Å²) in [7, 11) is -10.5. The minimum Gasteiger partial charge on any atom is -0.387 e. The average molecular weight is 449 g/mol. The van der Waals surface area contributed by atoms with Crippen LogP contribution in [0.5, 0.6) is 0 Å². The molecule has 27 heavy (non-hydrogen) atoms. The second-order valence-electron chi connectivity index (χ2n) is 4.93. The molecule has 1 aromatic rings. The summed E-state index contributed by atoms with van der Waals surface area (Å²) < 4.78 is 35.8. The van der Waals surface area contributed by atoms with E-state index in [4.69, 9.17) is 25.2 Å². The van der Waals surface area contributed by atoms with E-state index in [0.29, 0.717) is 0 Å². The Morgan fingerprint density at radius 3 is 2.33 bits per heavy atom. The smallest absolute Gasteiger partial charge is 0.387 e. The first-order valence-corrected chi connectivity index (χ1v) is 9.53. The molecule has 5 atom stereocenters. The summed E-state index contributed by atoms with van der Waals surface area (Å²) in [6.45, 7) is -0.875. The Kier molecular flexibility index (Phi) is 11.1. The molecule has 1 aliphatic rings. The molecule has 0 aliphatic carbocycles. The molecule has 0 spiro atoms. The Hall–Kier alpha value is 0.820. The fourth-order valence-electron chi connectivity index (χ4n) is 2.04. The maximum absolute atomic E-state index is 11.7. The average Bonchev–Trinajstić information content (AvgIpc) is 2.71. The van der Waals surface area contributed by atoms with Gasteiger partial charge in [0.05, 0.1) is 6.61 Å². The van der Waals surface area contributed by atoms with Crippen molar-refractivity contribution in [1.29, 1.82) is 0 Å². The second-order valence-corrected chi connectivity index (χ2v) is 7.75. The fraction of sp³-hybridized carbons (Fsp3) is 0.556. The zero-order valence-corrected chi connectivity index (χ0v) is 20.0. The van der Waals surface area contributed by atoms with Crippen molar-refractivity contribution in [2.24, 2.45) is 0 Å². The maximum atomic E-state index is 11.7. The van der Waals surface area contributed by atoms with Gasteiger partial charge in [0, 0.05) is 6.20 Å². The summed E-state index contributed by atoms with van der Waals surface area (Å²) in [5.41, 5.74) is 4.45. The van der Waals surface area contributed by atoms with E-state index in [1.54, 1.807) is 0 Å². The largest absolute Gasteiger partial charge is 1.00 e. The zero-order chi connectivity index (χ0) is 19.0. The van der Waals surface area contributed by atoms with Crippen molar-refractivity contribution in [2.75, 3.05) is 12.3 Å². The molecule has 1 fully saturated rings. The quantitative estimate of drug-likeness (QED) is 0.176. The van der Waals surface area contributed by atoms with E-state index >= 15 is 0 Å². The van der Waals surface area contributed by atoms with Crippen LogP contribution in [0.2, 0.25) is 0 Å². The molecular formula is C9H15N3Na2O11P2+2. The van der Waals surface area contributed by atoms with Crippen molar-refractivity contribution in [2.45, 2.75) is 24.5 Å². The number of anilines is 1. The van der Waals surface area contributed by atoms with Gasteiger partial charge in [-0.05, 0) is 6.07 Å². The Balaban J connectivity index is 0.00000338. The topological polar surface area (TPSA) is 224 Å². The van der Waals surface area contributed by atoms with Crippen LogP contribution in [0.1, 0.15) is 6.23 Å². The molecule has 18 heteroatoms. The number of phosphoric ester groups is 1. The summed E-state index contributed by atoms with van der Waals surface area (Å²) in [5.74, 6) is -0.0787. The number of aromatic nitrogens is 2. The van der Waals surface area contributed by atoms with Crippen molar-refractivity contribution in [3.63, 3.8) is 0 Å². The van der Waals surface area contributed by atoms with Gasteiger partial charge >= 0.3 is 80.4 Å². The number of nitrogen functional groups attached to an aromatic ring is 1. The van der Waals surface area contributed by atoms with Gasteiger partial charge in [-0.1, -0.05) is 0 Å². The first-order valence-electron chi connectivity index (χ1n) is 6.50. The van der Waals surface area contributed by atoms with Gasteiger partial charge in [0.1, 0.15) is 24.1 Å². The summed E-state index contributed by atoms with van der Waals surface area (Å²) in [5, 5.41) is 19.8. The van der Waals surface area contributed by atoms with Crippen LogP contribution in [-0.4, -0.2) is 59.4 Å². The van der Waals surface area contributed by atoms with Crippen LogP contribution >= 0.6 is 15.6 Å². The van der Waals surface area contributed by atoms with Crippen LogP contribution in [0, 0.1) is 0 Å². The van der Waals surface area contributed by atoms with Crippen LogP contribution in [0.15, 0.2) is 17.1 Å². The number of aliphatic hydroxyl groups is 2. The molecule has 1 saturated heterocycles. The number of ether oxygens (including phenoxy) is 1. The molecule has 0 aromatic carbocycles. The predicted octanol–water partition coefficient (Wildman–Crippen LogP) is -8.32. The summed E-state index contributed by atoms with van der Waals surface area (Å²) >= 11 is 0. The number of rotatable bonds is 6. The first kappa shape index (κ1) is 27.8. The summed E-state index contributed by atoms with van der Waals surface area (Å²) in [6, 6.07) is 1.24. The number of hydrogen-bond acceptors (Lipinski definition) is 10. The van der Waals surface area contributed by atoms with Gasteiger partial charge in [-0.2, -0.15) is 9.29 Å². The van der Waals surface area contributed by atoms with Gasteiger partial charge in [0.25, 0.3) is 0 Å². The van der Waals surface area contributed by atoms with E-state index in [0.717, 1.165) is 10.8 Å². The third kappa shape index (κ3) is 7.87. The number of phosphoric acid groups is 2. The third-order valence-corrected chi connectivity index (χ3v) is 5.23. The Morgan fingerprint density at radius 2 is 1.81 bits per heavy atom. The first-order chi connectivity index (χ1) is 11.4. The molecule has 2 heterocycles. The van der Waals surface area contributed by atoms with E-state index in [9.17, 15) is 24.1 Å². The Labute approximate surface area is 196 Å². The van der Waals surface area contributed by atoms with Gasteiger partial charge in [-0.15, -0.1) is 0 Å². The molecule has 1 aromatic heterocycles. The van der Waals surface area contributed by atoms with Crippen molar-refractivity contribution in [3.8, 4) is 0 Å². The van der Waals surface area contributed by atoms with E-state index in [1.807, 2.05) is 0 Å². The minimum atomic E-state index is -5.30. The SMILES string of the molecule is Nc1ccn([C@@H]2O[C@H](COP(=O)(O)OP(=O)(O)O)[C@@H](O)[C@H]2O)c(=O)n1.[Na+].[Na+]. The van der Waals surface area contributed by atoms with Crippen LogP contribution in [0.3, 0.4) is 0 Å². The molecule has 0 bridgehead atoms. The normalized spacial score (nSPS) is 27.3. The Bertz CT molecular complexity index is 789. The molecule has 142 valence electrons. The molecule has 7 N–H and O–H groups in total. The molecule has 0 amide bonds. The van der Waals surface area contributed by atoms with Gasteiger partial charge in [-0.25, -0.2) is 13.9 Å². The van der Waals surface area contributed by atoms with Gasteiger partial charge < -0.3 is 35.4 Å². The second kappa shape index (κ2) is 10.7. The monoisotopic (exact) mass is 449 g/mol. The standard InChI is InChI=1S/C9H15N3O11P2.2Na/c10-5-1-2-12(9(15)11-5)8-7(14)6(13)4(22-8)3-21-25(19,20)23-24(16,17)18;;/h1-2,4,6-8,13-14H,3H2,(H,19,20)(H2,10,11,15)(H2,16,17,18);;/q;2*+1/t4-,6-,7-,8-;;/m1../s1. The van der Waals surface area contributed by atoms with E-state index in [2.05, 4.69) is 13.8 Å². The third-order valence-electron chi connectivity index (χ3n) is 3.07. The van der Waals surface area contributed by atoms with Crippen LogP contribution < -0.4 is 70.5 Å². The predicted molar refractivity (Wildman–Crippen MR) is 77.7 cm³/mol. The Morgan fingerprint density at radius 1 is 1.22 bits per heavy atom. The van der Waals surface area contributed by atoms with Crippen LogP contribution in [0.4, 0.5) is 5.82 Å².